The third kappa shape index (κ3) is 3.80. The number of hydrogen-bond donors (Lipinski definition) is 1. The molecule has 6 nitrogen and oxygen atoms in total. The molecule has 1 fully saturated rings. The van der Waals surface area contributed by atoms with Gasteiger partial charge in [-0.1, -0.05) is 23.7 Å². The molecule has 1 atom stereocenters. The van der Waals surface area contributed by atoms with Crippen LogP contribution < -0.4 is 4.74 Å². The van der Waals surface area contributed by atoms with Crippen LogP contribution in [0, 0.1) is 5.82 Å². The molecule has 3 aromatic rings. The first-order valence-electron chi connectivity index (χ1n) is 9.31. The van der Waals surface area contributed by atoms with Crippen molar-refractivity contribution in [1.29, 1.82) is 0 Å². The van der Waals surface area contributed by atoms with Crippen molar-refractivity contribution in [3.8, 4) is 5.75 Å². The molecule has 1 unspecified atom stereocenters. The number of nitrogens with zero attached hydrogens (tertiary/aromatic N) is 1. The van der Waals surface area contributed by atoms with E-state index in [1.807, 2.05) is 0 Å². The van der Waals surface area contributed by atoms with Crippen LogP contribution in [0.1, 0.15) is 22.9 Å². The summed E-state index contributed by atoms with van der Waals surface area (Å²) in [7, 11) is 1.46. The number of carbonyl (C=O) groups is 2. The van der Waals surface area contributed by atoms with Crippen molar-refractivity contribution in [2.45, 2.75) is 12.6 Å². The van der Waals surface area contributed by atoms with Gasteiger partial charge in [0.2, 0.25) is 0 Å². The van der Waals surface area contributed by atoms with Crippen LogP contribution in [-0.2, 0) is 16.1 Å². The van der Waals surface area contributed by atoms with E-state index in [9.17, 15) is 19.1 Å². The number of rotatable bonds is 5. The zero-order valence-corrected chi connectivity index (χ0v) is 17.1. The van der Waals surface area contributed by atoms with Gasteiger partial charge >= 0.3 is 0 Å². The lowest BCUT2D eigenvalue weighted by atomic mass is 9.99. The van der Waals surface area contributed by atoms with Crippen molar-refractivity contribution < 1.29 is 28.2 Å². The SMILES string of the molecule is COc1ccc(Cl)c(/C(O)=C2/C(=O)C(=O)N(Cc3ccc(F)cc3)C2c2ccco2)c1. The lowest BCUT2D eigenvalue weighted by molar-refractivity contribution is -0.140. The van der Waals surface area contributed by atoms with E-state index in [2.05, 4.69) is 0 Å². The van der Waals surface area contributed by atoms with E-state index in [4.69, 9.17) is 20.8 Å². The second-order valence-electron chi connectivity index (χ2n) is 6.91. The first kappa shape index (κ1) is 20.7. The summed E-state index contributed by atoms with van der Waals surface area (Å²) in [6, 6.07) is 12.4. The van der Waals surface area contributed by atoms with Crippen LogP contribution in [0.2, 0.25) is 5.02 Å². The maximum Gasteiger partial charge on any atom is 0.296 e. The number of furan rings is 1. The monoisotopic (exact) mass is 441 g/mol. The molecule has 158 valence electrons. The minimum Gasteiger partial charge on any atom is -0.507 e. The Hall–Kier alpha value is -3.58. The predicted molar refractivity (Wildman–Crippen MR) is 111 cm³/mol. The normalized spacial score (nSPS) is 17.9. The number of amides is 1. The van der Waals surface area contributed by atoms with Crippen LogP contribution in [0.3, 0.4) is 0 Å². The summed E-state index contributed by atoms with van der Waals surface area (Å²) in [5, 5.41) is 11.2. The van der Waals surface area contributed by atoms with Crippen molar-refractivity contribution in [2.75, 3.05) is 7.11 Å². The fourth-order valence-electron chi connectivity index (χ4n) is 3.53. The molecular weight excluding hydrogens is 425 g/mol. The molecular formula is C23H17ClFNO5. The van der Waals surface area contributed by atoms with Gasteiger partial charge in [0.1, 0.15) is 29.1 Å². The molecule has 0 bridgehead atoms. The molecule has 0 spiro atoms. The number of Topliss-reactive ketones (excluding diaryl/α,β-unsaturated/α-hetero) is 1. The molecule has 4 rings (SSSR count). The van der Waals surface area contributed by atoms with Crippen LogP contribution in [0.5, 0.6) is 5.75 Å². The summed E-state index contributed by atoms with van der Waals surface area (Å²) < 4.78 is 23.9. The molecule has 31 heavy (non-hydrogen) atoms. The number of halogens is 2. The summed E-state index contributed by atoms with van der Waals surface area (Å²) in [5.74, 6) is -1.83. The minimum atomic E-state index is -0.984. The van der Waals surface area contributed by atoms with E-state index < -0.39 is 29.3 Å². The quantitative estimate of drug-likeness (QED) is 0.352. The van der Waals surface area contributed by atoms with Crippen LogP contribution in [0.4, 0.5) is 4.39 Å². The zero-order valence-electron chi connectivity index (χ0n) is 16.3. The van der Waals surface area contributed by atoms with Crippen molar-refractivity contribution in [3.05, 3.63) is 94.2 Å². The van der Waals surface area contributed by atoms with Gasteiger partial charge in [-0.15, -0.1) is 0 Å². The van der Waals surface area contributed by atoms with Crippen molar-refractivity contribution in [2.24, 2.45) is 0 Å². The highest BCUT2D eigenvalue weighted by Gasteiger charge is 2.47. The van der Waals surface area contributed by atoms with Gasteiger partial charge in [-0.25, -0.2) is 4.39 Å². The Labute approximate surface area is 182 Å². The van der Waals surface area contributed by atoms with E-state index in [0.29, 0.717) is 17.1 Å². The molecule has 1 saturated heterocycles. The van der Waals surface area contributed by atoms with E-state index in [0.717, 1.165) is 0 Å². The maximum atomic E-state index is 13.3. The zero-order chi connectivity index (χ0) is 22.1. The molecule has 1 aliphatic rings. The number of ether oxygens (including phenoxy) is 1. The van der Waals surface area contributed by atoms with E-state index >= 15 is 0 Å². The molecule has 0 saturated carbocycles. The largest absolute Gasteiger partial charge is 0.507 e. The van der Waals surface area contributed by atoms with Crippen LogP contribution in [0.25, 0.3) is 5.76 Å². The molecule has 0 aliphatic carbocycles. The summed E-state index contributed by atoms with van der Waals surface area (Å²) >= 11 is 6.25. The number of aliphatic hydroxyl groups is 1. The first-order chi connectivity index (χ1) is 14.9. The average Bonchev–Trinajstić information content (AvgIpc) is 3.38. The molecule has 1 amide bonds. The molecule has 1 aromatic heterocycles. The molecule has 1 N–H and O–H groups in total. The van der Waals surface area contributed by atoms with Gasteiger partial charge in [-0.05, 0) is 48.0 Å². The molecule has 8 heteroatoms. The number of methoxy groups -OCH3 is 1. The third-order valence-corrected chi connectivity index (χ3v) is 5.38. The first-order valence-corrected chi connectivity index (χ1v) is 9.68. The summed E-state index contributed by atoms with van der Waals surface area (Å²) in [5.41, 5.74) is 0.605. The second kappa shape index (κ2) is 8.28. The van der Waals surface area contributed by atoms with Crippen LogP contribution >= 0.6 is 11.6 Å². The third-order valence-electron chi connectivity index (χ3n) is 5.05. The predicted octanol–water partition coefficient (Wildman–Crippen LogP) is 4.70. The maximum absolute atomic E-state index is 13.3. The second-order valence-corrected chi connectivity index (χ2v) is 7.32. The topological polar surface area (TPSA) is 80.0 Å². The lowest BCUT2D eigenvalue weighted by Crippen LogP contribution is -2.29. The van der Waals surface area contributed by atoms with Gasteiger partial charge in [0, 0.05) is 12.1 Å². The van der Waals surface area contributed by atoms with Gasteiger partial charge in [0.25, 0.3) is 11.7 Å². The Morgan fingerprint density at radius 2 is 1.94 bits per heavy atom. The number of carbonyl (C=O) groups excluding carboxylic acids is 2. The Bertz CT molecular complexity index is 1170. The number of aliphatic hydroxyl groups excluding tert-OH is 1. The highest BCUT2D eigenvalue weighted by molar-refractivity contribution is 6.46. The Kier molecular flexibility index (Phi) is 5.52. The van der Waals surface area contributed by atoms with Crippen molar-refractivity contribution >= 4 is 29.1 Å². The van der Waals surface area contributed by atoms with E-state index in [1.54, 1.807) is 18.2 Å². The van der Waals surface area contributed by atoms with Gasteiger partial charge in [-0.3, -0.25) is 9.59 Å². The van der Waals surface area contributed by atoms with Crippen LogP contribution in [-0.4, -0.2) is 28.8 Å². The van der Waals surface area contributed by atoms with E-state index in [-0.39, 0.29) is 22.7 Å². The summed E-state index contributed by atoms with van der Waals surface area (Å²) in [4.78, 5) is 27.1. The molecule has 0 radical (unpaired) electrons. The van der Waals surface area contributed by atoms with Gasteiger partial charge in [0.15, 0.2) is 0 Å². The molecule has 2 heterocycles. The summed E-state index contributed by atoms with van der Waals surface area (Å²) in [6.07, 6.45) is 1.41. The highest BCUT2D eigenvalue weighted by atomic mass is 35.5. The van der Waals surface area contributed by atoms with Gasteiger partial charge < -0.3 is 19.2 Å². The van der Waals surface area contributed by atoms with Crippen LogP contribution in [0.15, 0.2) is 70.9 Å². The van der Waals surface area contributed by atoms with Gasteiger partial charge in [0.05, 0.1) is 24.0 Å². The number of benzene rings is 2. The highest BCUT2D eigenvalue weighted by Crippen LogP contribution is 2.41. The Morgan fingerprint density at radius 1 is 1.19 bits per heavy atom. The minimum absolute atomic E-state index is 0.0127. The van der Waals surface area contributed by atoms with Crippen molar-refractivity contribution in [3.63, 3.8) is 0 Å². The number of likely N-dealkylation sites (tertiary alicyclic amines) is 1. The number of hydrogen-bond acceptors (Lipinski definition) is 5. The van der Waals surface area contributed by atoms with Crippen molar-refractivity contribution in [1.82, 2.24) is 4.90 Å². The average molecular weight is 442 g/mol. The number of ketones is 1. The Balaban J connectivity index is 1.85. The lowest BCUT2D eigenvalue weighted by Gasteiger charge is -2.23. The Morgan fingerprint density at radius 3 is 2.58 bits per heavy atom. The molecule has 2 aromatic carbocycles. The standard InChI is InChI=1S/C23H17ClFNO5/c1-30-15-8-9-17(24)16(11-15)21(27)19-20(18-3-2-10-31-18)26(23(29)22(19)28)12-13-4-6-14(25)7-5-13/h2-11,20,27H,12H2,1H3/b21-19-. The fraction of sp³-hybridized carbons (Fsp3) is 0.130. The summed E-state index contributed by atoms with van der Waals surface area (Å²) in [6.45, 7) is 0.0127. The molecule has 1 aliphatic heterocycles. The fourth-order valence-corrected chi connectivity index (χ4v) is 3.74. The van der Waals surface area contributed by atoms with Gasteiger partial charge in [-0.2, -0.15) is 0 Å². The smallest absolute Gasteiger partial charge is 0.296 e. The van der Waals surface area contributed by atoms with E-state index in [1.165, 1.54) is 54.7 Å².